The molecule has 22 heavy (non-hydrogen) atoms. The minimum absolute atomic E-state index is 0.468. The van der Waals surface area contributed by atoms with Crippen LogP contribution in [0, 0.1) is 6.92 Å². The largest absolute Gasteiger partial charge is 0.468 e. The van der Waals surface area contributed by atoms with Crippen LogP contribution >= 0.6 is 11.6 Å². The lowest BCUT2D eigenvalue weighted by Gasteiger charge is -2.25. The zero-order valence-electron chi connectivity index (χ0n) is 11.7. The summed E-state index contributed by atoms with van der Waals surface area (Å²) in [7, 11) is 0. The van der Waals surface area contributed by atoms with E-state index in [1.54, 1.807) is 42.5 Å². The minimum atomic E-state index is -1.23. The topological polar surface area (TPSA) is 67.4 Å². The van der Waals surface area contributed by atoms with Gasteiger partial charge in [-0.1, -0.05) is 23.7 Å². The van der Waals surface area contributed by atoms with Crippen molar-refractivity contribution in [1.29, 1.82) is 0 Å². The molecule has 5 nitrogen and oxygen atoms in total. The normalized spacial score (nSPS) is 16.3. The van der Waals surface area contributed by atoms with Gasteiger partial charge >= 0.3 is 0 Å². The monoisotopic (exact) mass is 316 g/mol. The van der Waals surface area contributed by atoms with E-state index in [0.29, 0.717) is 22.1 Å². The standard InChI is InChI=1S/C16H13ClN2O3/c1-9-8-10(17)6-7-11(9)18-15(20)14-16(21)19-12-4-2-3-5-13(12)22-14/h2-8,14H,1H3,(H,18,20)(H,19,21). The Labute approximate surface area is 132 Å². The Balaban J connectivity index is 1.79. The summed E-state index contributed by atoms with van der Waals surface area (Å²) in [5, 5.41) is 5.92. The van der Waals surface area contributed by atoms with Crippen molar-refractivity contribution in [3.63, 3.8) is 0 Å². The van der Waals surface area contributed by atoms with Crippen LogP contribution in [0.1, 0.15) is 5.56 Å². The first-order valence-electron chi connectivity index (χ1n) is 6.68. The van der Waals surface area contributed by atoms with Crippen LogP contribution in [0.4, 0.5) is 11.4 Å². The molecule has 2 aromatic carbocycles. The van der Waals surface area contributed by atoms with Crippen LogP contribution in [0.15, 0.2) is 42.5 Å². The molecular formula is C16H13ClN2O3. The Hall–Kier alpha value is -2.53. The number of aryl methyl sites for hydroxylation is 1. The molecule has 0 spiro atoms. The van der Waals surface area contributed by atoms with E-state index in [0.717, 1.165) is 5.56 Å². The predicted octanol–water partition coefficient (Wildman–Crippen LogP) is 2.99. The molecule has 6 heteroatoms. The Morgan fingerprint density at radius 2 is 2.05 bits per heavy atom. The van der Waals surface area contributed by atoms with Crippen LogP contribution in [-0.4, -0.2) is 17.9 Å². The average Bonchev–Trinajstić information content (AvgIpc) is 2.49. The van der Waals surface area contributed by atoms with E-state index in [4.69, 9.17) is 16.3 Å². The lowest BCUT2D eigenvalue weighted by atomic mass is 10.1. The van der Waals surface area contributed by atoms with Gasteiger partial charge in [-0.25, -0.2) is 0 Å². The van der Waals surface area contributed by atoms with Crippen molar-refractivity contribution in [3.05, 3.63) is 53.1 Å². The number of halogens is 1. The van der Waals surface area contributed by atoms with E-state index in [1.807, 2.05) is 6.92 Å². The fourth-order valence-corrected chi connectivity index (χ4v) is 2.42. The molecule has 0 radical (unpaired) electrons. The van der Waals surface area contributed by atoms with E-state index < -0.39 is 17.9 Å². The second-order valence-corrected chi connectivity index (χ2v) is 5.37. The maximum atomic E-state index is 12.3. The zero-order valence-corrected chi connectivity index (χ0v) is 12.5. The molecule has 3 rings (SSSR count). The van der Waals surface area contributed by atoms with Crippen LogP contribution < -0.4 is 15.4 Å². The van der Waals surface area contributed by atoms with Crippen LogP contribution in [-0.2, 0) is 9.59 Å². The maximum Gasteiger partial charge on any atom is 0.275 e. The summed E-state index contributed by atoms with van der Waals surface area (Å²) in [6.07, 6.45) is -1.23. The number of carbonyl (C=O) groups is 2. The number of hydrogen-bond acceptors (Lipinski definition) is 3. The van der Waals surface area contributed by atoms with Crippen molar-refractivity contribution >= 4 is 34.8 Å². The summed E-state index contributed by atoms with van der Waals surface area (Å²) in [6.45, 7) is 1.82. The lowest BCUT2D eigenvalue weighted by Crippen LogP contribution is -2.45. The summed E-state index contributed by atoms with van der Waals surface area (Å²) in [4.78, 5) is 24.3. The molecule has 0 fully saturated rings. The van der Waals surface area contributed by atoms with E-state index in [2.05, 4.69) is 10.6 Å². The molecule has 2 aromatic rings. The summed E-state index contributed by atoms with van der Waals surface area (Å²) in [6, 6.07) is 12.0. The molecular weight excluding hydrogens is 304 g/mol. The van der Waals surface area contributed by atoms with Gasteiger partial charge in [-0.05, 0) is 42.8 Å². The molecule has 0 saturated carbocycles. The molecule has 0 saturated heterocycles. The number of hydrogen-bond donors (Lipinski definition) is 2. The number of para-hydroxylation sites is 2. The molecule has 1 heterocycles. The highest BCUT2D eigenvalue weighted by Gasteiger charge is 2.33. The van der Waals surface area contributed by atoms with Gasteiger partial charge in [-0.15, -0.1) is 0 Å². The van der Waals surface area contributed by atoms with Gasteiger partial charge in [-0.3, -0.25) is 9.59 Å². The van der Waals surface area contributed by atoms with Crippen LogP contribution in [0.5, 0.6) is 5.75 Å². The van der Waals surface area contributed by atoms with Crippen LogP contribution in [0.3, 0.4) is 0 Å². The van der Waals surface area contributed by atoms with Crippen molar-refractivity contribution in [1.82, 2.24) is 0 Å². The van der Waals surface area contributed by atoms with Crippen molar-refractivity contribution < 1.29 is 14.3 Å². The number of rotatable bonds is 2. The number of fused-ring (bicyclic) bond motifs is 1. The van der Waals surface area contributed by atoms with E-state index in [-0.39, 0.29) is 0 Å². The smallest absolute Gasteiger partial charge is 0.275 e. The third kappa shape index (κ3) is 2.76. The predicted molar refractivity (Wildman–Crippen MR) is 84.3 cm³/mol. The number of benzene rings is 2. The zero-order chi connectivity index (χ0) is 15.7. The van der Waals surface area contributed by atoms with Gasteiger partial charge in [0, 0.05) is 10.7 Å². The number of nitrogens with one attached hydrogen (secondary N) is 2. The molecule has 112 valence electrons. The first-order valence-corrected chi connectivity index (χ1v) is 7.06. The van der Waals surface area contributed by atoms with Gasteiger partial charge in [0.1, 0.15) is 5.75 Å². The molecule has 1 atom stereocenters. The van der Waals surface area contributed by atoms with Crippen molar-refractivity contribution in [3.8, 4) is 5.75 Å². The Kier molecular flexibility index (Phi) is 3.73. The molecule has 0 aromatic heterocycles. The van der Waals surface area contributed by atoms with Crippen LogP contribution in [0.25, 0.3) is 0 Å². The Morgan fingerprint density at radius 3 is 2.82 bits per heavy atom. The van der Waals surface area contributed by atoms with E-state index in [1.165, 1.54) is 0 Å². The van der Waals surface area contributed by atoms with Crippen molar-refractivity contribution in [2.45, 2.75) is 13.0 Å². The van der Waals surface area contributed by atoms with Gasteiger partial charge in [0.25, 0.3) is 17.9 Å². The molecule has 2 N–H and O–H groups in total. The molecule has 0 aliphatic carbocycles. The highest BCUT2D eigenvalue weighted by atomic mass is 35.5. The van der Waals surface area contributed by atoms with E-state index >= 15 is 0 Å². The molecule has 1 unspecified atom stereocenters. The van der Waals surface area contributed by atoms with Crippen molar-refractivity contribution in [2.75, 3.05) is 10.6 Å². The quantitative estimate of drug-likeness (QED) is 0.837. The molecule has 2 amide bonds. The molecule has 1 aliphatic heterocycles. The average molecular weight is 317 g/mol. The lowest BCUT2D eigenvalue weighted by molar-refractivity contribution is -0.133. The first-order chi connectivity index (χ1) is 10.5. The van der Waals surface area contributed by atoms with Gasteiger partial charge in [0.15, 0.2) is 0 Å². The summed E-state index contributed by atoms with van der Waals surface area (Å²) >= 11 is 5.88. The maximum absolute atomic E-state index is 12.3. The van der Waals surface area contributed by atoms with Gasteiger partial charge in [0.05, 0.1) is 5.69 Å². The Morgan fingerprint density at radius 1 is 1.27 bits per heavy atom. The number of carbonyl (C=O) groups excluding carboxylic acids is 2. The number of amides is 2. The van der Waals surface area contributed by atoms with Gasteiger partial charge in [0.2, 0.25) is 0 Å². The highest BCUT2D eigenvalue weighted by molar-refractivity contribution is 6.30. The summed E-state index contributed by atoms with van der Waals surface area (Å²) < 4.78 is 5.49. The minimum Gasteiger partial charge on any atom is -0.468 e. The molecule has 0 bridgehead atoms. The number of anilines is 2. The van der Waals surface area contributed by atoms with Gasteiger partial charge in [-0.2, -0.15) is 0 Å². The summed E-state index contributed by atoms with van der Waals surface area (Å²) in [5.74, 6) is -0.560. The summed E-state index contributed by atoms with van der Waals surface area (Å²) in [5.41, 5.74) is 1.95. The highest BCUT2D eigenvalue weighted by Crippen LogP contribution is 2.29. The van der Waals surface area contributed by atoms with Crippen molar-refractivity contribution in [2.24, 2.45) is 0 Å². The second-order valence-electron chi connectivity index (χ2n) is 4.93. The fraction of sp³-hybridized carbons (Fsp3) is 0.125. The first kappa shape index (κ1) is 14.4. The third-order valence-electron chi connectivity index (χ3n) is 3.31. The molecule has 1 aliphatic rings. The fourth-order valence-electron chi connectivity index (χ4n) is 2.19. The number of ether oxygens (including phenoxy) is 1. The second kappa shape index (κ2) is 5.69. The van der Waals surface area contributed by atoms with Gasteiger partial charge < -0.3 is 15.4 Å². The van der Waals surface area contributed by atoms with Crippen LogP contribution in [0.2, 0.25) is 5.02 Å². The van der Waals surface area contributed by atoms with E-state index in [9.17, 15) is 9.59 Å². The SMILES string of the molecule is Cc1cc(Cl)ccc1NC(=O)C1Oc2ccccc2NC1=O. The Bertz CT molecular complexity index is 761. The third-order valence-corrected chi connectivity index (χ3v) is 3.55.